The van der Waals surface area contributed by atoms with Crippen LogP contribution in [-0.4, -0.2) is 32.7 Å². The molecule has 0 saturated heterocycles. The van der Waals surface area contributed by atoms with E-state index in [2.05, 4.69) is 5.32 Å². The summed E-state index contributed by atoms with van der Waals surface area (Å²) < 4.78 is 15.3. The Balaban J connectivity index is 2.79. The number of halogens is 1. The van der Waals surface area contributed by atoms with E-state index in [4.69, 9.17) is 25.8 Å². The summed E-state index contributed by atoms with van der Waals surface area (Å²) in [5.41, 5.74) is 0. The fourth-order valence-electron chi connectivity index (χ4n) is 1.22. The Labute approximate surface area is 105 Å². The van der Waals surface area contributed by atoms with Crippen molar-refractivity contribution in [1.29, 1.82) is 0 Å². The first-order valence-corrected chi connectivity index (χ1v) is 5.49. The van der Waals surface area contributed by atoms with Crippen molar-refractivity contribution >= 4 is 17.7 Å². The van der Waals surface area contributed by atoms with Crippen LogP contribution >= 0.6 is 11.6 Å². The van der Waals surface area contributed by atoms with Crippen molar-refractivity contribution in [3.63, 3.8) is 0 Å². The second-order valence-electron chi connectivity index (χ2n) is 3.00. The van der Waals surface area contributed by atoms with Crippen LogP contribution in [0, 0.1) is 0 Å². The lowest BCUT2D eigenvalue weighted by Crippen LogP contribution is -2.28. The summed E-state index contributed by atoms with van der Waals surface area (Å²) in [5, 5.41) is 2.48. The first-order chi connectivity index (χ1) is 8.22. The van der Waals surface area contributed by atoms with E-state index < -0.39 is 6.09 Å². The second-order valence-corrected chi connectivity index (χ2v) is 3.37. The van der Waals surface area contributed by atoms with Crippen LogP contribution in [0.5, 0.6) is 17.2 Å². The molecule has 0 atom stereocenters. The summed E-state index contributed by atoms with van der Waals surface area (Å²) in [5.74, 6) is 1.48. The molecule has 6 heteroatoms. The Kier molecular flexibility index (Phi) is 5.42. The molecule has 0 radical (unpaired) electrons. The molecule has 0 bridgehead atoms. The van der Waals surface area contributed by atoms with Crippen molar-refractivity contribution in [3.8, 4) is 17.2 Å². The fraction of sp³-hybridized carbons (Fsp3) is 0.364. The molecule has 0 unspecified atom stereocenters. The van der Waals surface area contributed by atoms with Crippen LogP contribution in [0.2, 0.25) is 0 Å². The Morgan fingerprint density at radius 1 is 1.29 bits per heavy atom. The molecular weight excluding hydrogens is 246 g/mol. The lowest BCUT2D eigenvalue weighted by atomic mass is 10.3. The molecule has 1 aromatic rings. The van der Waals surface area contributed by atoms with Gasteiger partial charge in [-0.3, -0.25) is 0 Å². The van der Waals surface area contributed by atoms with Gasteiger partial charge in [-0.1, -0.05) is 6.07 Å². The number of alkyl halides is 1. The zero-order valence-corrected chi connectivity index (χ0v) is 10.4. The van der Waals surface area contributed by atoms with Crippen LogP contribution in [0.15, 0.2) is 18.2 Å². The van der Waals surface area contributed by atoms with Crippen LogP contribution in [0.4, 0.5) is 4.79 Å². The number of amides is 1. The summed E-state index contributed by atoms with van der Waals surface area (Å²) in [6.07, 6.45) is -0.586. The van der Waals surface area contributed by atoms with Crippen LogP contribution in [0.3, 0.4) is 0 Å². The monoisotopic (exact) mass is 259 g/mol. The van der Waals surface area contributed by atoms with Gasteiger partial charge >= 0.3 is 6.09 Å². The molecule has 0 fully saturated rings. The maximum absolute atomic E-state index is 11.4. The maximum atomic E-state index is 11.4. The average molecular weight is 260 g/mol. The zero-order valence-electron chi connectivity index (χ0n) is 9.66. The first kappa shape index (κ1) is 13.4. The highest BCUT2D eigenvalue weighted by molar-refractivity contribution is 6.18. The summed E-state index contributed by atoms with van der Waals surface area (Å²) in [4.78, 5) is 11.4. The molecule has 0 spiro atoms. The molecule has 1 aromatic carbocycles. The molecule has 1 amide bonds. The van der Waals surface area contributed by atoms with E-state index in [-0.39, 0.29) is 0 Å². The van der Waals surface area contributed by atoms with Gasteiger partial charge in [0.15, 0.2) is 11.5 Å². The molecule has 17 heavy (non-hydrogen) atoms. The van der Waals surface area contributed by atoms with E-state index in [1.54, 1.807) is 18.2 Å². The first-order valence-electron chi connectivity index (χ1n) is 4.95. The quantitative estimate of drug-likeness (QED) is 0.822. The Morgan fingerprint density at radius 3 is 2.59 bits per heavy atom. The van der Waals surface area contributed by atoms with E-state index in [1.165, 1.54) is 14.2 Å². The minimum Gasteiger partial charge on any atom is -0.493 e. The smallest absolute Gasteiger partial charge is 0.412 e. The Morgan fingerprint density at radius 2 is 2.00 bits per heavy atom. The number of nitrogens with one attached hydrogen (secondary N) is 1. The lowest BCUT2D eigenvalue weighted by Gasteiger charge is -2.12. The SMILES string of the molecule is COc1cccc(OC(=O)NCCCl)c1OC. The predicted octanol–water partition coefficient (Wildman–Crippen LogP) is 2.03. The third kappa shape index (κ3) is 3.71. The van der Waals surface area contributed by atoms with E-state index in [9.17, 15) is 4.79 Å². The number of carbonyl (C=O) groups is 1. The number of rotatable bonds is 5. The van der Waals surface area contributed by atoms with Crippen molar-refractivity contribution in [2.24, 2.45) is 0 Å². The number of carbonyl (C=O) groups excluding carboxylic acids is 1. The van der Waals surface area contributed by atoms with Crippen LogP contribution in [0.1, 0.15) is 0 Å². The van der Waals surface area contributed by atoms with Crippen LogP contribution < -0.4 is 19.5 Å². The molecule has 0 aliphatic rings. The van der Waals surface area contributed by atoms with E-state index in [0.29, 0.717) is 29.7 Å². The van der Waals surface area contributed by atoms with Gasteiger partial charge in [0, 0.05) is 12.4 Å². The molecule has 1 N–H and O–H groups in total. The average Bonchev–Trinajstić information content (AvgIpc) is 2.35. The Bertz CT molecular complexity index is 384. The molecule has 0 aliphatic heterocycles. The summed E-state index contributed by atoms with van der Waals surface area (Å²) >= 11 is 5.44. The maximum Gasteiger partial charge on any atom is 0.412 e. The molecule has 94 valence electrons. The van der Waals surface area contributed by atoms with Gasteiger partial charge < -0.3 is 19.5 Å². The van der Waals surface area contributed by atoms with Gasteiger partial charge in [0.05, 0.1) is 14.2 Å². The van der Waals surface area contributed by atoms with E-state index in [1.807, 2.05) is 0 Å². The molecule has 5 nitrogen and oxygen atoms in total. The number of benzene rings is 1. The molecule has 0 saturated carbocycles. The molecule has 0 heterocycles. The molecule has 0 aliphatic carbocycles. The van der Waals surface area contributed by atoms with Crippen molar-refractivity contribution in [2.45, 2.75) is 0 Å². The van der Waals surface area contributed by atoms with Crippen molar-refractivity contribution in [2.75, 3.05) is 26.6 Å². The highest BCUT2D eigenvalue weighted by Crippen LogP contribution is 2.36. The van der Waals surface area contributed by atoms with Gasteiger partial charge in [0.2, 0.25) is 5.75 Å². The second kappa shape index (κ2) is 6.85. The van der Waals surface area contributed by atoms with Crippen molar-refractivity contribution in [3.05, 3.63) is 18.2 Å². The minimum atomic E-state index is -0.586. The van der Waals surface area contributed by atoms with Gasteiger partial charge in [-0.05, 0) is 12.1 Å². The van der Waals surface area contributed by atoms with Crippen molar-refractivity contribution < 1.29 is 19.0 Å². The topological polar surface area (TPSA) is 56.8 Å². The van der Waals surface area contributed by atoms with Gasteiger partial charge in [-0.25, -0.2) is 4.79 Å². The number of para-hydroxylation sites is 1. The number of hydrogen-bond acceptors (Lipinski definition) is 4. The van der Waals surface area contributed by atoms with E-state index >= 15 is 0 Å². The molecule has 0 aromatic heterocycles. The third-order valence-corrected chi connectivity index (χ3v) is 2.12. The normalized spacial score (nSPS) is 9.59. The minimum absolute atomic E-state index is 0.291. The number of ether oxygens (including phenoxy) is 3. The predicted molar refractivity (Wildman–Crippen MR) is 64.3 cm³/mol. The molecular formula is C11H14ClNO4. The van der Waals surface area contributed by atoms with Gasteiger partial charge in [-0.2, -0.15) is 0 Å². The Hall–Kier alpha value is -1.62. The summed E-state index contributed by atoms with van der Waals surface area (Å²) in [6, 6.07) is 5.02. The number of hydrogen-bond donors (Lipinski definition) is 1. The van der Waals surface area contributed by atoms with E-state index in [0.717, 1.165) is 0 Å². The zero-order chi connectivity index (χ0) is 12.7. The summed E-state index contributed by atoms with van der Waals surface area (Å²) in [6.45, 7) is 0.340. The van der Waals surface area contributed by atoms with Crippen molar-refractivity contribution in [1.82, 2.24) is 5.32 Å². The van der Waals surface area contributed by atoms with Crippen LogP contribution in [0.25, 0.3) is 0 Å². The highest BCUT2D eigenvalue weighted by atomic mass is 35.5. The standard InChI is InChI=1S/C11H14ClNO4/c1-15-8-4-3-5-9(10(8)16-2)17-11(14)13-7-6-12/h3-5H,6-7H2,1-2H3,(H,13,14). The third-order valence-electron chi connectivity index (χ3n) is 1.93. The highest BCUT2D eigenvalue weighted by Gasteiger charge is 2.13. The molecule has 1 rings (SSSR count). The largest absolute Gasteiger partial charge is 0.493 e. The lowest BCUT2D eigenvalue weighted by molar-refractivity contribution is 0.198. The van der Waals surface area contributed by atoms with Gasteiger partial charge in [0.25, 0.3) is 0 Å². The van der Waals surface area contributed by atoms with Gasteiger partial charge in [0.1, 0.15) is 0 Å². The van der Waals surface area contributed by atoms with Crippen LogP contribution in [-0.2, 0) is 0 Å². The summed E-state index contributed by atoms with van der Waals surface area (Å²) in [7, 11) is 2.98. The fourth-order valence-corrected chi connectivity index (χ4v) is 1.32. The number of methoxy groups -OCH3 is 2. The van der Waals surface area contributed by atoms with Gasteiger partial charge in [-0.15, -0.1) is 11.6 Å².